The van der Waals surface area contributed by atoms with Gasteiger partial charge >= 0.3 is 0 Å². The summed E-state index contributed by atoms with van der Waals surface area (Å²) in [6, 6.07) is 8.16. The third kappa shape index (κ3) is 3.73. The summed E-state index contributed by atoms with van der Waals surface area (Å²) < 4.78 is 5.18. The highest BCUT2D eigenvalue weighted by Crippen LogP contribution is 2.25. The number of aryl methyl sites for hydroxylation is 1. The summed E-state index contributed by atoms with van der Waals surface area (Å²) in [5.41, 5.74) is 1.11. The van der Waals surface area contributed by atoms with Crippen LogP contribution in [0.5, 0.6) is 5.75 Å². The molecule has 1 aliphatic rings. The predicted molar refractivity (Wildman–Crippen MR) is 77.8 cm³/mol. The smallest absolute Gasteiger partial charge is 0.223 e. The minimum absolute atomic E-state index is 0.0431. The normalized spacial score (nSPS) is 14.7. The third-order valence-corrected chi connectivity index (χ3v) is 3.94. The van der Waals surface area contributed by atoms with Crippen LogP contribution in [0.1, 0.15) is 31.2 Å². The van der Waals surface area contributed by atoms with Gasteiger partial charge in [-0.25, -0.2) is 0 Å². The first-order chi connectivity index (χ1) is 9.74. The second-order valence-corrected chi connectivity index (χ2v) is 5.25. The van der Waals surface area contributed by atoms with Crippen LogP contribution in [0.25, 0.3) is 0 Å². The highest BCUT2D eigenvalue weighted by molar-refractivity contribution is 5.77. The molecule has 4 nitrogen and oxygen atoms in total. The van der Waals surface area contributed by atoms with Gasteiger partial charge in [0.25, 0.3) is 0 Å². The number of carbonyl (C=O) groups is 1. The number of benzene rings is 1. The fourth-order valence-corrected chi connectivity index (χ4v) is 2.54. The van der Waals surface area contributed by atoms with Crippen molar-refractivity contribution in [1.29, 1.82) is 0 Å². The van der Waals surface area contributed by atoms with Gasteiger partial charge in [-0.3, -0.25) is 4.79 Å². The molecular weight excluding hydrogens is 254 g/mol. The lowest BCUT2D eigenvalue weighted by Crippen LogP contribution is -2.45. The number of rotatable bonds is 7. The molecule has 1 fully saturated rings. The van der Waals surface area contributed by atoms with Gasteiger partial charge in [-0.1, -0.05) is 12.1 Å². The lowest BCUT2D eigenvalue weighted by molar-refractivity contribution is -0.135. The highest BCUT2D eigenvalue weighted by atomic mass is 16.5. The van der Waals surface area contributed by atoms with Gasteiger partial charge in [0.05, 0.1) is 13.7 Å². The molecule has 4 heteroatoms. The molecule has 1 amide bonds. The minimum atomic E-state index is 0.0431. The largest absolute Gasteiger partial charge is 0.497 e. The summed E-state index contributed by atoms with van der Waals surface area (Å²) in [4.78, 5) is 14.1. The molecule has 0 atom stereocenters. The molecule has 0 saturated heterocycles. The number of aliphatic hydroxyl groups is 1. The first-order valence-corrected chi connectivity index (χ1v) is 7.28. The van der Waals surface area contributed by atoms with Gasteiger partial charge in [0, 0.05) is 19.0 Å². The first kappa shape index (κ1) is 14.9. The summed E-state index contributed by atoms with van der Waals surface area (Å²) in [5, 5.41) is 9.10. The van der Waals surface area contributed by atoms with Gasteiger partial charge in [0.15, 0.2) is 0 Å². The number of amides is 1. The van der Waals surface area contributed by atoms with Crippen LogP contribution in [-0.4, -0.2) is 42.2 Å². The van der Waals surface area contributed by atoms with Crippen LogP contribution in [0.2, 0.25) is 0 Å². The number of ether oxygens (including phenoxy) is 1. The van der Waals surface area contributed by atoms with Crippen molar-refractivity contribution in [2.45, 2.75) is 38.1 Å². The van der Waals surface area contributed by atoms with Gasteiger partial charge in [-0.15, -0.1) is 0 Å². The lowest BCUT2D eigenvalue weighted by Gasteiger charge is -2.37. The number of methoxy groups -OCH3 is 1. The van der Waals surface area contributed by atoms with Crippen LogP contribution in [0.4, 0.5) is 0 Å². The molecule has 2 rings (SSSR count). The van der Waals surface area contributed by atoms with Gasteiger partial charge in [0.1, 0.15) is 5.75 Å². The van der Waals surface area contributed by atoms with Crippen LogP contribution in [0, 0.1) is 0 Å². The maximum atomic E-state index is 12.3. The average Bonchev–Trinajstić information content (AvgIpc) is 2.42. The fourth-order valence-electron chi connectivity index (χ4n) is 2.54. The van der Waals surface area contributed by atoms with E-state index in [0.717, 1.165) is 24.2 Å². The second kappa shape index (κ2) is 7.29. The zero-order chi connectivity index (χ0) is 14.4. The van der Waals surface area contributed by atoms with E-state index in [1.54, 1.807) is 7.11 Å². The SMILES string of the molecule is COc1cccc(CCC(=O)N(CCO)C2CCC2)c1. The molecule has 1 N–H and O–H groups in total. The molecule has 1 saturated carbocycles. The van der Waals surface area contributed by atoms with E-state index in [9.17, 15) is 4.79 Å². The van der Waals surface area contributed by atoms with E-state index in [-0.39, 0.29) is 12.5 Å². The maximum absolute atomic E-state index is 12.3. The van der Waals surface area contributed by atoms with Crippen molar-refractivity contribution in [3.05, 3.63) is 29.8 Å². The molecule has 0 aromatic heterocycles. The van der Waals surface area contributed by atoms with E-state index >= 15 is 0 Å². The van der Waals surface area contributed by atoms with E-state index < -0.39 is 0 Å². The quantitative estimate of drug-likeness (QED) is 0.829. The summed E-state index contributed by atoms with van der Waals surface area (Å²) in [7, 11) is 1.64. The number of nitrogens with zero attached hydrogens (tertiary/aromatic N) is 1. The molecule has 1 aliphatic carbocycles. The fraction of sp³-hybridized carbons (Fsp3) is 0.562. The molecule has 0 heterocycles. The van der Waals surface area contributed by atoms with Crippen molar-refractivity contribution in [2.75, 3.05) is 20.3 Å². The number of hydrogen-bond acceptors (Lipinski definition) is 3. The number of hydrogen-bond donors (Lipinski definition) is 1. The second-order valence-electron chi connectivity index (χ2n) is 5.25. The summed E-state index contributed by atoms with van der Waals surface area (Å²) in [5.74, 6) is 0.965. The average molecular weight is 277 g/mol. The topological polar surface area (TPSA) is 49.8 Å². The Morgan fingerprint density at radius 3 is 2.85 bits per heavy atom. The van der Waals surface area contributed by atoms with Gasteiger partial charge in [0.2, 0.25) is 5.91 Å². The minimum Gasteiger partial charge on any atom is -0.497 e. The van der Waals surface area contributed by atoms with Crippen LogP contribution < -0.4 is 4.74 Å². The zero-order valence-electron chi connectivity index (χ0n) is 12.0. The van der Waals surface area contributed by atoms with E-state index in [2.05, 4.69) is 0 Å². The van der Waals surface area contributed by atoms with Crippen molar-refractivity contribution in [2.24, 2.45) is 0 Å². The summed E-state index contributed by atoms with van der Waals surface area (Å²) in [6.45, 7) is 0.503. The lowest BCUT2D eigenvalue weighted by atomic mass is 9.91. The summed E-state index contributed by atoms with van der Waals surface area (Å²) >= 11 is 0. The Labute approximate surface area is 120 Å². The van der Waals surface area contributed by atoms with Crippen molar-refractivity contribution >= 4 is 5.91 Å². The number of aliphatic hydroxyl groups excluding tert-OH is 1. The van der Waals surface area contributed by atoms with Gasteiger partial charge in [-0.2, -0.15) is 0 Å². The van der Waals surface area contributed by atoms with Crippen molar-refractivity contribution in [3.63, 3.8) is 0 Å². The molecular formula is C16H23NO3. The molecule has 0 spiro atoms. The Morgan fingerprint density at radius 1 is 1.45 bits per heavy atom. The third-order valence-electron chi connectivity index (χ3n) is 3.94. The molecule has 0 aliphatic heterocycles. The van der Waals surface area contributed by atoms with Crippen molar-refractivity contribution in [1.82, 2.24) is 4.90 Å². The predicted octanol–water partition coefficient (Wildman–Crippen LogP) is 2.00. The molecule has 20 heavy (non-hydrogen) atoms. The molecule has 0 bridgehead atoms. The van der Waals surface area contributed by atoms with Gasteiger partial charge < -0.3 is 14.7 Å². The van der Waals surface area contributed by atoms with Crippen molar-refractivity contribution in [3.8, 4) is 5.75 Å². The van der Waals surface area contributed by atoms with E-state index in [0.29, 0.717) is 25.4 Å². The Morgan fingerprint density at radius 2 is 2.25 bits per heavy atom. The van der Waals surface area contributed by atoms with Crippen LogP contribution >= 0.6 is 0 Å². The van der Waals surface area contributed by atoms with E-state index in [1.165, 1.54) is 6.42 Å². The molecule has 1 aromatic carbocycles. The Balaban J connectivity index is 1.89. The zero-order valence-corrected chi connectivity index (χ0v) is 12.0. The highest BCUT2D eigenvalue weighted by Gasteiger charge is 2.27. The Kier molecular flexibility index (Phi) is 5.41. The molecule has 0 unspecified atom stereocenters. The molecule has 0 radical (unpaired) electrons. The first-order valence-electron chi connectivity index (χ1n) is 7.28. The van der Waals surface area contributed by atoms with Crippen LogP contribution in [0.15, 0.2) is 24.3 Å². The molecule has 1 aromatic rings. The van der Waals surface area contributed by atoms with Crippen LogP contribution in [0.3, 0.4) is 0 Å². The van der Waals surface area contributed by atoms with Crippen molar-refractivity contribution < 1.29 is 14.6 Å². The standard InChI is InChI=1S/C16H23NO3/c1-20-15-7-2-4-13(12-15)8-9-16(19)17(10-11-18)14-5-3-6-14/h2,4,7,12,14,18H,3,5-6,8-11H2,1H3. The van der Waals surface area contributed by atoms with Gasteiger partial charge in [-0.05, 0) is 43.4 Å². The summed E-state index contributed by atoms with van der Waals surface area (Å²) in [6.07, 6.45) is 4.54. The Bertz CT molecular complexity index is 443. The van der Waals surface area contributed by atoms with E-state index in [4.69, 9.17) is 9.84 Å². The van der Waals surface area contributed by atoms with Crippen LogP contribution in [-0.2, 0) is 11.2 Å². The number of carbonyl (C=O) groups excluding carboxylic acids is 1. The Hall–Kier alpha value is -1.55. The maximum Gasteiger partial charge on any atom is 0.223 e. The molecule has 110 valence electrons. The monoisotopic (exact) mass is 277 g/mol. The van der Waals surface area contributed by atoms with E-state index in [1.807, 2.05) is 29.2 Å².